The Morgan fingerprint density at radius 3 is 2.88 bits per heavy atom. The highest BCUT2D eigenvalue weighted by Crippen LogP contribution is 2.34. The zero-order valence-electron chi connectivity index (χ0n) is 14.2. The molecule has 1 aliphatic rings. The van der Waals surface area contributed by atoms with Gasteiger partial charge in [-0.2, -0.15) is 0 Å². The van der Waals surface area contributed by atoms with Gasteiger partial charge in [-0.1, -0.05) is 6.07 Å². The van der Waals surface area contributed by atoms with Crippen LogP contribution >= 0.6 is 0 Å². The number of aliphatic imine (C=N–C) groups is 1. The van der Waals surface area contributed by atoms with E-state index >= 15 is 0 Å². The first kappa shape index (κ1) is 16.9. The molecule has 0 spiro atoms. The van der Waals surface area contributed by atoms with Crippen molar-refractivity contribution in [2.75, 3.05) is 33.5 Å². The molecule has 25 heavy (non-hydrogen) atoms. The Balaban J connectivity index is 1.34. The SMILES string of the molecule is CN=C(NCCOc1ccc2c(c1)OCO2)NCCc1ccccn1. The molecular weight excluding hydrogens is 320 g/mol. The second-order valence-electron chi connectivity index (χ2n) is 5.36. The Morgan fingerprint density at radius 1 is 1.16 bits per heavy atom. The summed E-state index contributed by atoms with van der Waals surface area (Å²) >= 11 is 0. The maximum Gasteiger partial charge on any atom is 0.231 e. The fraction of sp³-hybridized carbons (Fsp3) is 0.333. The van der Waals surface area contributed by atoms with Gasteiger partial charge in [-0.15, -0.1) is 0 Å². The molecule has 1 aliphatic heterocycles. The van der Waals surface area contributed by atoms with Crippen molar-refractivity contribution in [1.82, 2.24) is 15.6 Å². The number of ether oxygens (including phenoxy) is 3. The Kier molecular flexibility index (Phi) is 5.92. The van der Waals surface area contributed by atoms with Crippen LogP contribution in [0.1, 0.15) is 5.69 Å². The van der Waals surface area contributed by atoms with Crippen LogP contribution in [0.2, 0.25) is 0 Å². The summed E-state index contributed by atoms with van der Waals surface area (Å²) in [5.41, 5.74) is 1.05. The molecule has 2 heterocycles. The number of hydrogen-bond acceptors (Lipinski definition) is 5. The molecule has 0 amide bonds. The molecule has 0 fully saturated rings. The summed E-state index contributed by atoms with van der Waals surface area (Å²) in [4.78, 5) is 8.49. The number of benzene rings is 1. The van der Waals surface area contributed by atoms with E-state index in [0.29, 0.717) is 13.2 Å². The van der Waals surface area contributed by atoms with Crippen LogP contribution in [-0.4, -0.2) is 44.5 Å². The van der Waals surface area contributed by atoms with Crippen LogP contribution in [0.5, 0.6) is 17.2 Å². The van der Waals surface area contributed by atoms with Crippen LogP contribution in [-0.2, 0) is 6.42 Å². The molecule has 0 atom stereocenters. The van der Waals surface area contributed by atoms with Gasteiger partial charge >= 0.3 is 0 Å². The normalized spacial score (nSPS) is 12.8. The molecule has 0 aliphatic carbocycles. The van der Waals surface area contributed by atoms with E-state index in [-0.39, 0.29) is 6.79 Å². The first-order valence-electron chi connectivity index (χ1n) is 8.22. The standard InChI is InChI=1S/C18H22N4O3/c1-19-18(21-9-7-14-4-2-3-8-20-14)22-10-11-23-15-5-6-16-17(12-15)25-13-24-16/h2-6,8,12H,7,9-11,13H2,1H3,(H2,19,21,22). The number of guanidine groups is 1. The van der Waals surface area contributed by atoms with Crippen LogP contribution < -0.4 is 24.8 Å². The summed E-state index contributed by atoms with van der Waals surface area (Å²) in [6.45, 7) is 2.18. The largest absolute Gasteiger partial charge is 0.492 e. The van der Waals surface area contributed by atoms with Crippen LogP contribution in [0.15, 0.2) is 47.6 Å². The Hall–Kier alpha value is -2.96. The lowest BCUT2D eigenvalue weighted by atomic mass is 10.3. The van der Waals surface area contributed by atoms with Crippen molar-refractivity contribution in [3.05, 3.63) is 48.3 Å². The third kappa shape index (κ3) is 5.00. The van der Waals surface area contributed by atoms with Crippen molar-refractivity contribution >= 4 is 5.96 Å². The smallest absolute Gasteiger partial charge is 0.231 e. The van der Waals surface area contributed by atoms with E-state index in [1.54, 1.807) is 13.2 Å². The minimum atomic E-state index is 0.265. The summed E-state index contributed by atoms with van der Waals surface area (Å²) in [6.07, 6.45) is 2.64. The summed E-state index contributed by atoms with van der Waals surface area (Å²) in [5, 5.41) is 6.47. The number of fused-ring (bicyclic) bond motifs is 1. The molecule has 2 N–H and O–H groups in total. The van der Waals surface area contributed by atoms with Crippen LogP contribution in [0.3, 0.4) is 0 Å². The van der Waals surface area contributed by atoms with Crippen molar-refractivity contribution in [3.8, 4) is 17.2 Å². The quantitative estimate of drug-likeness (QED) is 0.452. The molecule has 0 saturated heterocycles. The van der Waals surface area contributed by atoms with Crippen molar-refractivity contribution < 1.29 is 14.2 Å². The summed E-state index contributed by atoms with van der Waals surface area (Å²) in [7, 11) is 1.74. The minimum absolute atomic E-state index is 0.265. The Labute approximate surface area is 147 Å². The topological polar surface area (TPSA) is 77.0 Å². The third-order valence-corrected chi connectivity index (χ3v) is 3.63. The lowest BCUT2D eigenvalue weighted by Gasteiger charge is -2.12. The number of nitrogens with zero attached hydrogens (tertiary/aromatic N) is 2. The van der Waals surface area contributed by atoms with E-state index in [1.165, 1.54) is 0 Å². The predicted octanol–water partition coefficient (Wildman–Crippen LogP) is 1.60. The number of hydrogen-bond donors (Lipinski definition) is 2. The van der Waals surface area contributed by atoms with E-state index < -0.39 is 0 Å². The highest BCUT2D eigenvalue weighted by molar-refractivity contribution is 5.79. The second-order valence-corrected chi connectivity index (χ2v) is 5.36. The molecule has 1 aromatic heterocycles. The monoisotopic (exact) mass is 342 g/mol. The fourth-order valence-corrected chi connectivity index (χ4v) is 2.38. The minimum Gasteiger partial charge on any atom is -0.492 e. The first-order valence-corrected chi connectivity index (χ1v) is 8.22. The summed E-state index contributed by atoms with van der Waals surface area (Å²) < 4.78 is 16.3. The number of nitrogens with one attached hydrogen (secondary N) is 2. The van der Waals surface area contributed by atoms with Crippen molar-refractivity contribution in [3.63, 3.8) is 0 Å². The van der Waals surface area contributed by atoms with Gasteiger partial charge in [-0.25, -0.2) is 0 Å². The van der Waals surface area contributed by atoms with E-state index in [9.17, 15) is 0 Å². The van der Waals surface area contributed by atoms with E-state index in [2.05, 4.69) is 20.6 Å². The third-order valence-electron chi connectivity index (χ3n) is 3.63. The lowest BCUT2D eigenvalue weighted by Crippen LogP contribution is -2.40. The summed E-state index contributed by atoms with van der Waals surface area (Å²) in [6, 6.07) is 11.5. The molecule has 0 bridgehead atoms. The van der Waals surface area contributed by atoms with Gasteiger partial charge in [0.25, 0.3) is 0 Å². The Bertz CT molecular complexity index is 707. The first-order chi connectivity index (χ1) is 12.3. The van der Waals surface area contributed by atoms with Crippen LogP contribution in [0.25, 0.3) is 0 Å². The fourth-order valence-electron chi connectivity index (χ4n) is 2.38. The summed E-state index contributed by atoms with van der Waals surface area (Å²) in [5.74, 6) is 2.97. The van der Waals surface area contributed by atoms with Gasteiger partial charge in [0.1, 0.15) is 12.4 Å². The molecular formula is C18H22N4O3. The number of aromatic nitrogens is 1. The second kappa shape index (κ2) is 8.77. The van der Waals surface area contributed by atoms with Gasteiger partial charge in [-0.3, -0.25) is 9.98 Å². The molecule has 7 heteroatoms. The highest BCUT2D eigenvalue weighted by atomic mass is 16.7. The molecule has 1 aromatic carbocycles. The number of pyridine rings is 1. The van der Waals surface area contributed by atoms with E-state index in [4.69, 9.17) is 14.2 Å². The van der Waals surface area contributed by atoms with Crippen molar-refractivity contribution in [2.24, 2.45) is 4.99 Å². The van der Waals surface area contributed by atoms with Gasteiger partial charge in [0.2, 0.25) is 6.79 Å². The molecule has 0 saturated carbocycles. The van der Waals surface area contributed by atoms with Gasteiger partial charge in [0.15, 0.2) is 17.5 Å². The van der Waals surface area contributed by atoms with Gasteiger partial charge in [0, 0.05) is 38.0 Å². The molecule has 3 rings (SSSR count). The van der Waals surface area contributed by atoms with Crippen LogP contribution in [0, 0.1) is 0 Å². The van der Waals surface area contributed by atoms with Crippen molar-refractivity contribution in [1.29, 1.82) is 0 Å². The lowest BCUT2D eigenvalue weighted by molar-refractivity contribution is 0.173. The highest BCUT2D eigenvalue weighted by Gasteiger charge is 2.13. The number of rotatable bonds is 7. The van der Waals surface area contributed by atoms with E-state index in [1.807, 2.05) is 36.4 Å². The maximum absolute atomic E-state index is 5.71. The predicted molar refractivity (Wildman–Crippen MR) is 95.4 cm³/mol. The molecule has 132 valence electrons. The average Bonchev–Trinajstić information content (AvgIpc) is 3.12. The zero-order chi connectivity index (χ0) is 17.3. The van der Waals surface area contributed by atoms with Crippen LogP contribution in [0.4, 0.5) is 0 Å². The molecule has 0 radical (unpaired) electrons. The van der Waals surface area contributed by atoms with Gasteiger partial charge < -0.3 is 24.8 Å². The molecule has 7 nitrogen and oxygen atoms in total. The Morgan fingerprint density at radius 2 is 2.04 bits per heavy atom. The van der Waals surface area contributed by atoms with Gasteiger partial charge in [-0.05, 0) is 24.3 Å². The zero-order valence-corrected chi connectivity index (χ0v) is 14.2. The maximum atomic E-state index is 5.71. The average molecular weight is 342 g/mol. The molecule has 2 aromatic rings. The molecule has 0 unspecified atom stereocenters. The van der Waals surface area contributed by atoms with Crippen molar-refractivity contribution in [2.45, 2.75) is 6.42 Å². The van der Waals surface area contributed by atoms with Gasteiger partial charge in [0.05, 0.1) is 6.54 Å². The van der Waals surface area contributed by atoms with E-state index in [0.717, 1.165) is 41.9 Å².